The first-order chi connectivity index (χ1) is 12.5. The van der Waals surface area contributed by atoms with E-state index in [1.54, 1.807) is 12.0 Å². The van der Waals surface area contributed by atoms with Gasteiger partial charge in [0, 0.05) is 13.0 Å². The van der Waals surface area contributed by atoms with E-state index in [-0.39, 0.29) is 23.6 Å². The Bertz CT molecular complexity index is 820. The topological polar surface area (TPSA) is 84.4 Å². The predicted octanol–water partition coefficient (Wildman–Crippen LogP) is 3.10. The Kier molecular flexibility index (Phi) is 5.77. The number of hydrogen-bond acceptors (Lipinski definition) is 7. The molecule has 3 rings (SSSR count). The van der Waals surface area contributed by atoms with E-state index in [0.29, 0.717) is 20.9 Å². The normalized spacial score (nSPS) is 13.3. The van der Waals surface area contributed by atoms with Gasteiger partial charge in [0.1, 0.15) is 5.75 Å². The molecule has 9 heteroatoms. The van der Waals surface area contributed by atoms with Crippen molar-refractivity contribution in [3.63, 3.8) is 0 Å². The van der Waals surface area contributed by atoms with Gasteiger partial charge in [0.05, 0.1) is 18.6 Å². The second-order valence-electron chi connectivity index (χ2n) is 6.01. The lowest BCUT2D eigenvalue weighted by atomic mass is 10.2. The van der Waals surface area contributed by atoms with Crippen molar-refractivity contribution < 1.29 is 14.3 Å². The standard InChI is InChI=1S/C17H20N4O3S2/c1-10-4-7-14(24-3)13(8-10)18-15(23)9-25-17-20-19-16(26-17)21(11(2)22)12-5-6-12/h4,7-8,12H,5-6,9H2,1-3H3,(H,18,23). The van der Waals surface area contributed by atoms with Gasteiger partial charge in [-0.25, -0.2) is 0 Å². The Morgan fingerprint density at radius 2 is 2.15 bits per heavy atom. The maximum Gasteiger partial charge on any atom is 0.234 e. The number of benzene rings is 1. The third kappa shape index (κ3) is 4.53. The average molecular weight is 393 g/mol. The molecule has 1 aliphatic rings. The summed E-state index contributed by atoms with van der Waals surface area (Å²) in [6.07, 6.45) is 2.00. The molecule has 7 nitrogen and oxygen atoms in total. The maximum absolute atomic E-state index is 12.2. The van der Waals surface area contributed by atoms with Gasteiger partial charge >= 0.3 is 0 Å². The van der Waals surface area contributed by atoms with Crippen molar-refractivity contribution in [2.45, 2.75) is 37.1 Å². The monoisotopic (exact) mass is 392 g/mol. The highest BCUT2D eigenvalue weighted by atomic mass is 32.2. The fourth-order valence-corrected chi connectivity index (χ4v) is 4.23. The summed E-state index contributed by atoms with van der Waals surface area (Å²) < 4.78 is 5.93. The van der Waals surface area contributed by atoms with Crippen LogP contribution in [-0.4, -0.2) is 40.9 Å². The van der Waals surface area contributed by atoms with Crippen LogP contribution in [0, 0.1) is 6.92 Å². The molecule has 0 atom stereocenters. The number of methoxy groups -OCH3 is 1. The van der Waals surface area contributed by atoms with Gasteiger partial charge in [-0.3, -0.25) is 14.5 Å². The number of nitrogens with zero attached hydrogens (tertiary/aromatic N) is 3. The number of aryl methyl sites for hydroxylation is 1. The minimum absolute atomic E-state index is 0.0236. The molecule has 1 N–H and O–H groups in total. The van der Waals surface area contributed by atoms with Crippen molar-refractivity contribution >= 4 is 45.7 Å². The summed E-state index contributed by atoms with van der Waals surface area (Å²) in [4.78, 5) is 25.7. The zero-order chi connectivity index (χ0) is 18.7. The van der Waals surface area contributed by atoms with Gasteiger partial charge in [0.25, 0.3) is 0 Å². The van der Waals surface area contributed by atoms with E-state index < -0.39 is 0 Å². The van der Waals surface area contributed by atoms with Gasteiger partial charge in [0.2, 0.25) is 16.9 Å². The van der Waals surface area contributed by atoms with Crippen molar-refractivity contribution in [2.24, 2.45) is 0 Å². The molecular weight excluding hydrogens is 372 g/mol. The summed E-state index contributed by atoms with van der Waals surface area (Å²) in [5, 5.41) is 11.6. The van der Waals surface area contributed by atoms with Crippen LogP contribution in [-0.2, 0) is 9.59 Å². The Morgan fingerprint density at radius 1 is 1.38 bits per heavy atom. The van der Waals surface area contributed by atoms with Gasteiger partial charge in [-0.15, -0.1) is 10.2 Å². The molecule has 1 fully saturated rings. The fourth-order valence-electron chi connectivity index (χ4n) is 2.47. The lowest BCUT2D eigenvalue weighted by Crippen LogP contribution is -2.30. The molecule has 1 aromatic heterocycles. The Morgan fingerprint density at radius 3 is 2.81 bits per heavy atom. The minimum Gasteiger partial charge on any atom is -0.495 e. The van der Waals surface area contributed by atoms with E-state index >= 15 is 0 Å². The lowest BCUT2D eigenvalue weighted by molar-refractivity contribution is -0.116. The molecule has 1 aliphatic carbocycles. The van der Waals surface area contributed by atoms with Crippen LogP contribution < -0.4 is 15.0 Å². The molecule has 0 radical (unpaired) electrons. The molecule has 1 aromatic carbocycles. The van der Waals surface area contributed by atoms with Gasteiger partial charge < -0.3 is 10.1 Å². The molecule has 1 saturated carbocycles. The summed E-state index contributed by atoms with van der Waals surface area (Å²) in [5.41, 5.74) is 1.68. The molecule has 0 saturated heterocycles. The van der Waals surface area contributed by atoms with Crippen LogP contribution >= 0.6 is 23.1 Å². The summed E-state index contributed by atoms with van der Waals surface area (Å²) in [6, 6.07) is 5.86. The van der Waals surface area contributed by atoms with Gasteiger partial charge in [-0.2, -0.15) is 0 Å². The number of nitrogens with one attached hydrogen (secondary N) is 1. The third-order valence-electron chi connectivity index (χ3n) is 3.81. The van der Waals surface area contributed by atoms with E-state index in [1.165, 1.54) is 30.0 Å². The summed E-state index contributed by atoms with van der Waals surface area (Å²) >= 11 is 2.64. The quantitative estimate of drug-likeness (QED) is 0.576. The number of hydrogen-bond donors (Lipinski definition) is 1. The zero-order valence-corrected chi connectivity index (χ0v) is 16.4. The van der Waals surface area contributed by atoms with Crippen molar-refractivity contribution in [1.29, 1.82) is 0 Å². The fraction of sp³-hybridized carbons (Fsp3) is 0.412. The minimum atomic E-state index is -0.152. The molecule has 138 valence electrons. The van der Waals surface area contributed by atoms with Crippen LogP contribution in [0.1, 0.15) is 25.3 Å². The van der Waals surface area contributed by atoms with E-state index in [9.17, 15) is 9.59 Å². The van der Waals surface area contributed by atoms with Crippen molar-refractivity contribution in [1.82, 2.24) is 10.2 Å². The Labute approximate surface area is 160 Å². The van der Waals surface area contributed by atoms with E-state index in [2.05, 4.69) is 15.5 Å². The van der Waals surface area contributed by atoms with Gasteiger partial charge in [0.15, 0.2) is 4.34 Å². The average Bonchev–Trinajstić information content (AvgIpc) is 3.30. The summed E-state index contributed by atoms with van der Waals surface area (Å²) in [5.74, 6) is 0.648. The predicted molar refractivity (Wildman–Crippen MR) is 103 cm³/mol. The highest BCUT2D eigenvalue weighted by molar-refractivity contribution is 8.01. The second-order valence-corrected chi connectivity index (χ2v) is 8.19. The highest BCUT2D eigenvalue weighted by Crippen LogP contribution is 2.35. The molecule has 26 heavy (non-hydrogen) atoms. The van der Waals surface area contributed by atoms with Crippen LogP contribution in [0.25, 0.3) is 0 Å². The van der Waals surface area contributed by atoms with E-state index in [1.807, 2.05) is 25.1 Å². The molecular formula is C17H20N4O3S2. The first kappa shape index (κ1) is 18.7. The first-order valence-electron chi connectivity index (χ1n) is 8.18. The number of ether oxygens (including phenoxy) is 1. The van der Waals surface area contributed by atoms with Crippen LogP contribution in [0.3, 0.4) is 0 Å². The number of amides is 2. The smallest absolute Gasteiger partial charge is 0.234 e. The summed E-state index contributed by atoms with van der Waals surface area (Å²) in [6.45, 7) is 3.49. The van der Waals surface area contributed by atoms with Crippen molar-refractivity contribution in [2.75, 3.05) is 23.1 Å². The van der Waals surface area contributed by atoms with Crippen molar-refractivity contribution in [3.8, 4) is 5.75 Å². The van der Waals surface area contributed by atoms with Crippen LogP contribution in [0.5, 0.6) is 5.75 Å². The number of thioether (sulfide) groups is 1. The van der Waals surface area contributed by atoms with Gasteiger partial charge in [-0.05, 0) is 37.5 Å². The second kappa shape index (κ2) is 8.05. The number of rotatable bonds is 7. The van der Waals surface area contributed by atoms with E-state index in [4.69, 9.17) is 4.74 Å². The maximum atomic E-state index is 12.2. The SMILES string of the molecule is COc1ccc(C)cc1NC(=O)CSc1nnc(N(C(C)=O)C2CC2)s1. The summed E-state index contributed by atoms with van der Waals surface area (Å²) in [7, 11) is 1.57. The van der Waals surface area contributed by atoms with Crippen LogP contribution in [0.2, 0.25) is 0 Å². The Hall–Kier alpha value is -2.13. The van der Waals surface area contributed by atoms with Crippen LogP contribution in [0.4, 0.5) is 10.8 Å². The highest BCUT2D eigenvalue weighted by Gasteiger charge is 2.34. The molecule has 0 bridgehead atoms. The third-order valence-corrected chi connectivity index (χ3v) is 5.86. The number of anilines is 2. The first-order valence-corrected chi connectivity index (χ1v) is 9.98. The van der Waals surface area contributed by atoms with Crippen LogP contribution in [0.15, 0.2) is 22.5 Å². The molecule has 2 amide bonds. The molecule has 0 spiro atoms. The lowest BCUT2D eigenvalue weighted by Gasteiger charge is -2.15. The van der Waals surface area contributed by atoms with E-state index in [0.717, 1.165) is 18.4 Å². The number of carbonyl (C=O) groups excluding carboxylic acids is 2. The van der Waals surface area contributed by atoms with Gasteiger partial charge in [-0.1, -0.05) is 29.2 Å². The molecule has 0 aliphatic heterocycles. The molecule has 2 aromatic rings. The molecule has 1 heterocycles. The number of aromatic nitrogens is 2. The Balaban J connectivity index is 1.58. The van der Waals surface area contributed by atoms with Crippen molar-refractivity contribution in [3.05, 3.63) is 23.8 Å². The largest absolute Gasteiger partial charge is 0.495 e. The molecule has 0 unspecified atom stereocenters. The zero-order valence-electron chi connectivity index (χ0n) is 14.8. The number of carbonyl (C=O) groups is 2.